The molecule has 6 heteroatoms. The van der Waals surface area contributed by atoms with Crippen LogP contribution in [0.5, 0.6) is 0 Å². The van der Waals surface area contributed by atoms with Crippen molar-refractivity contribution in [2.75, 3.05) is 12.4 Å². The van der Waals surface area contributed by atoms with Gasteiger partial charge in [-0.2, -0.15) is 0 Å². The number of hydrogen-bond donors (Lipinski definition) is 1. The molecule has 0 radical (unpaired) electrons. The quantitative estimate of drug-likeness (QED) is 0.541. The summed E-state index contributed by atoms with van der Waals surface area (Å²) in [7, 11) is 0. The Kier molecular flexibility index (Phi) is 7.25. The molecule has 5 nitrogen and oxygen atoms in total. The minimum absolute atomic E-state index is 0.207. The molecule has 28 heavy (non-hydrogen) atoms. The van der Waals surface area contributed by atoms with Crippen molar-refractivity contribution in [2.24, 2.45) is 0 Å². The molecule has 0 aliphatic carbocycles. The van der Waals surface area contributed by atoms with E-state index in [1.807, 2.05) is 34.9 Å². The summed E-state index contributed by atoms with van der Waals surface area (Å²) in [5.41, 5.74) is 3.37. The highest BCUT2D eigenvalue weighted by atomic mass is 32.2. The number of aliphatic hydroxyl groups is 1. The predicted octanol–water partition coefficient (Wildman–Crippen LogP) is 4.43. The van der Waals surface area contributed by atoms with Crippen molar-refractivity contribution >= 4 is 11.8 Å². The van der Waals surface area contributed by atoms with E-state index >= 15 is 0 Å². The van der Waals surface area contributed by atoms with Gasteiger partial charge in [0.05, 0.1) is 12.7 Å². The lowest BCUT2D eigenvalue weighted by atomic mass is 9.97. The van der Waals surface area contributed by atoms with Crippen LogP contribution < -0.4 is 0 Å². The number of benzene rings is 2. The highest BCUT2D eigenvalue weighted by Crippen LogP contribution is 2.29. The van der Waals surface area contributed by atoms with E-state index in [1.54, 1.807) is 6.33 Å². The number of ether oxygens (including phenoxy) is 1. The molecular weight excluding hydrogens is 370 g/mol. The Labute approximate surface area is 170 Å². The van der Waals surface area contributed by atoms with Gasteiger partial charge in [0.1, 0.15) is 12.4 Å². The van der Waals surface area contributed by atoms with Crippen LogP contribution in [0.1, 0.15) is 42.7 Å². The monoisotopic (exact) mass is 397 g/mol. The fourth-order valence-electron chi connectivity index (χ4n) is 2.99. The molecule has 148 valence electrons. The first-order chi connectivity index (χ1) is 13.6. The fraction of sp³-hybridized carbons (Fsp3) is 0.364. The summed E-state index contributed by atoms with van der Waals surface area (Å²) in [6.07, 6.45) is 0.915. The number of aryl methyl sites for hydroxylation is 1. The van der Waals surface area contributed by atoms with Crippen molar-refractivity contribution in [3.8, 4) is 0 Å². The van der Waals surface area contributed by atoms with E-state index in [0.717, 1.165) is 16.3 Å². The molecule has 2 unspecified atom stereocenters. The van der Waals surface area contributed by atoms with Gasteiger partial charge in [0, 0.05) is 11.8 Å². The van der Waals surface area contributed by atoms with Crippen molar-refractivity contribution in [1.29, 1.82) is 0 Å². The molecule has 0 bridgehead atoms. The first-order valence-corrected chi connectivity index (χ1v) is 10.5. The van der Waals surface area contributed by atoms with E-state index in [9.17, 15) is 5.11 Å². The average Bonchev–Trinajstić information content (AvgIpc) is 3.18. The standard InChI is InChI=1S/C22H27N3O2S/c1-16(2)25-15-23-24-22(25)28-14-19(26)13-27-21(18-10-5-4-6-11-18)20-12-8-7-9-17(20)3/h4-12,15-16,19,21,26H,13-14H2,1-3H3. The topological polar surface area (TPSA) is 60.2 Å². The second kappa shape index (κ2) is 9.87. The molecule has 2 atom stereocenters. The normalized spacial score (nSPS) is 13.6. The van der Waals surface area contributed by atoms with E-state index in [-0.39, 0.29) is 18.8 Å². The van der Waals surface area contributed by atoms with Gasteiger partial charge < -0.3 is 14.4 Å². The van der Waals surface area contributed by atoms with Crippen LogP contribution in [0.3, 0.4) is 0 Å². The second-order valence-electron chi connectivity index (χ2n) is 7.06. The van der Waals surface area contributed by atoms with Gasteiger partial charge >= 0.3 is 0 Å². The van der Waals surface area contributed by atoms with Crippen LogP contribution in [-0.4, -0.2) is 38.3 Å². The highest BCUT2D eigenvalue weighted by Gasteiger charge is 2.19. The van der Waals surface area contributed by atoms with Gasteiger partial charge in [-0.15, -0.1) is 10.2 Å². The lowest BCUT2D eigenvalue weighted by Crippen LogP contribution is -2.21. The van der Waals surface area contributed by atoms with Gasteiger partial charge in [-0.25, -0.2) is 0 Å². The largest absolute Gasteiger partial charge is 0.390 e. The number of nitrogens with zero attached hydrogens (tertiary/aromatic N) is 3. The van der Waals surface area contributed by atoms with Crippen LogP contribution in [0.4, 0.5) is 0 Å². The Morgan fingerprint density at radius 1 is 1.07 bits per heavy atom. The summed E-state index contributed by atoms with van der Waals surface area (Å²) in [5.74, 6) is 0.501. The molecule has 2 aromatic carbocycles. The minimum atomic E-state index is -0.599. The summed E-state index contributed by atoms with van der Waals surface area (Å²) < 4.78 is 8.20. The molecule has 0 saturated heterocycles. The van der Waals surface area contributed by atoms with Crippen molar-refractivity contribution < 1.29 is 9.84 Å². The van der Waals surface area contributed by atoms with Crippen molar-refractivity contribution in [3.63, 3.8) is 0 Å². The van der Waals surface area contributed by atoms with E-state index in [2.05, 4.69) is 55.2 Å². The van der Waals surface area contributed by atoms with E-state index < -0.39 is 6.10 Å². The Bertz CT molecular complexity index is 867. The van der Waals surface area contributed by atoms with Crippen LogP contribution in [0.15, 0.2) is 66.1 Å². The lowest BCUT2D eigenvalue weighted by molar-refractivity contribution is 0.0153. The van der Waals surface area contributed by atoms with E-state index in [0.29, 0.717) is 5.75 Å². The first kappa shape index (κ1) is 20.6. The molecule has 0 aliphatic rings. The number of aliphatic hydroxyl groups excluding tert-OH is 1. The molecule has 1 aromatic heterocycles. The van der Waals surface area contributed by atoms with Crippen LogP contribution in [0.25, 0.3) is 0 Å². The maximum atomic E-state index is 10.5. The SMILES string of the molecule is Cc1ccccc1C(OCC(O)CSc1nncn1C(C)C)c1ccccc1. The maximum Gasteiger partial charge on any atom is 0.191 e. The summed E-state index contributed by atoms with van der Waals surface area (Å²) in [6.45, 7) is 6.50. The van der Waals surface area contributed by atoms with Crippen molar-refractivity contribution in [1.82, 2.24) is 14.8 Å². The second-order valence-corrected chi connectivity index (χ2v) is 8.05. The van der Waals surface area contributed by atoms with Gasteiger partial charge in [-0.1, -0.05) is 66.4 Å². The third-order valence-corrected chi connectivity index (χ3v) is 5.63. The van der Waals surface area contributed by atoms with Crippen molar-refractivity contribution in [3.05, 3.63) is 77.6 Å². The van der Waals surface area contributed by atoms with E-state index in [1.165, 1.54) is 17.3 Å². The number of thioether (sulfide) groups is 1. The zero-order valence-corrected chi connectivity index (χ0v) is 17.3. The zero-order valence-electron chi connectivity index (χ0n) is 16.5. The third-order valence-electron chi connectivity index (χ3n) is 4.53. The van der Waals surface area contributed by atoms with Crippen molar-refractivity contribution in [2.45, 2.75) is 44.2 Å². The van der Waals surface area contributed by atoms with Gasteiger partial charge in [-0.05, 0) is 37.5 Å². The molecule has 1 heterocycles. The van der Waals surface area contributed by atoms with E-state index in [4.69, 9.17) is 4.74 Å². The smallest absolute Gasteiger partial charge is 0.191 e. The fourth-order valence-corrected chi connectivity index (χ4v) is 3.94. The summed E-state index contributed by atoms with van der Waals surface area (Å²) in [4.78, 5) is 0. The first-order valence-electron chi connectivity index (χ1n) is 9.48. The molecular formula is C22H27N3O2S. The summed E-state index contributed by atoms with van der Waals surface area (Å²) in [6, 6.07) is 18.6. The van der Waals surface area contributed by atoms with Gasteiger partial charge in [0.2, 0.25) is 0 Å². The van der Waals surface area contributed by atoms with Crippen LogP contribution in [-0.2, 0) is 4.74 Å². The molecule has 3 aromatic rings. The number of hydrogen-bond acceptors (Lipinski definition) is 5. The number of rotatable bonds is 9. The summed E-state index contributed by atoms with van der Waals surface area (Å²) in [5, 5.41) is 19.4. The predicted molar refractivity (Wildman–Crippen MR) is 113 cm³/mol. The Morgan fingerprint density at radius 2 is 1.79 bits per heavy atom. The Hall–Kier alpha value is -2.15. The van der Waals surface area contributed by atoms with Gasteiger partial charge in [0.15, 0.2) is 5.16 Å². The van der Waals surface area contributed by atoms with Gasteiger partial charge in [-0.3, -0.25) is 0 Å². The molecule has 1 N–H and O–H groups in total. The molecule has 0 saturated carbocycles. The minimum Gasteiger partial charge on any atom is -0.390 e. The molecule has 0 spiro atoms. The molecule has 0 fully saturated rings. The van der Waals surface area contributed by atoms with Crippen LogP contribution in [0, 0.1) is 6.92 Å². The van der Waals surface area contributed by atoms with Crippen LogP contribution in [0.2, 0.25) is 0 Å². The summed E-state index contributed by atoms with van der Waals surface area (Å²) >= 11 is 1.50. The molecule has 0 amide bonds. The lowest BCUT2D eigenvalue weighted by Gasteiger charge is -2.22. The highest BCUT2D eigenvalue weighted by molar-refractivity contribution is 7.99. The maximum absolute atomic E-state index is 10.5. The molecule has 0 aliphatic heterocycles. The molecule has 3 rings (SSSR count). The number of aromatic nitrogens is 3. The van der Waals surface area contributed by atoms with Crippen LogP contribution >= 0.6 is 11.8 Å². The zero-order chi connectivity index (χ0) is 19.9. The average molecular weight is 398 g/mol. The van der Waals surface area contributed by atoms with Gasteiger partial charge in [0.25, 0.3) is 0 Å². The third kappa shape index (κ3) is 5.22. The Balaban J connectivity index is 1.65. The Morgan fingerprint density at radius 3 is 2.50 bits per heavy atom.